The van der Waals surface area contributed by atoms with E-state index >= 15 is 0 Å². The maximum absolute atomic E-state index is 2.46. The van der Waals surface area contributed by atoms with Gasteiger partial charge in [0.2, 0.25) is 0 Å². The maximum atomic E-state index is 2.46. The maximum Gasteiger partial charge on any atom is 0.0897 e. The normalized spacial score (nSPS) is 14.3. The molecule has 0 radical (unpaired) electrons. The van der Waals surface area contributed by atoms with Crippen LogP contribution in [0.15, 0.2) is 67.5 Å². The Balaban J connectivity index is 0.000000349. The standard InChI is InChI=1S/C26H44N2.C20H40N2.C12H24N2/c1-2-3-4-5-6-7-8-9-10-11-12-13-14-18-21-27-22-23-28(25-27)24-26-19-16-15-17-20-26;1-3-4-5-6-7-8-9-10-11-12-13-14-15-16-17-22-19-18-21(2)20-22;1-3-4-5-6-7-8-9-14-11-10-13(2)12-14/h15-17,19-20,22-23H,2-14,18,21,24-25H2,1H3;18-19H,3-17,20H2,1-2H3;10-11H,3-9,12H2,1-2H3. The zero-order chi connectivity index (χ0) is 45.8. The lowest BCUT2D eigenvalue weighted by Crippen LogP contribution is -2.25. The molecule has 0 atom stereocenters. The van der Waals surface area contributed by atoms with Gasteiger partial charge in [0, 0.05) is 77.5 Å². The molecule has 3 aliphatic heterocycles. The highest BCUT2D eigenvalue weighted by Crippen LogP contribution is 2.17. The van der Waals surface area contributed by atoms with Gasteiger partial charge >= 0.3 is 0 Å². The highest BCUT2D eigenvalue weighted by molar-refractivity contribution is 5.15. The van der Waals surface area contributed by atoms with Gasteiger partial charge in [-0.2, -0.15) is 0 Å². The lowest BCUT2D eigenvalue weighted by atomic mass is 10.0. The van der Waals surface area contributed by atoms with Crippen LogP contribution in [0.2, 0.25) is 0 Å². The first-order chi connectivity index (χ1) is 31.5. The highest BCUT2D eigenvalue weighted by Gasteiger charge is 2.12. The van der Waals surface area contributed by atoms with Gasteiger partial charge < -0.3 is 29.4 Å². The number of nitrogens with zero attached hydrogens (tertiary/aromatic N) is 6. The van der Waals surface area contributed by atoms with E-state index in [0.717, 1.165) is 26.6 Å². The van der Waals surface area contributed by atoms with Gasteiger partial charge in [0.1, 0.15) is 0 Å². The van der Waals surface area contributed by atoms with Crippen LogP contribution in [0.25, 0.3) is 0 Å². The lowest BCUT2D eigenvalue weighted by Gasteiger charge is -2.21. The molecule has 64 heavy (non-hydrogen) atoms. The van der Waals surface area contributed by atoms with Crippen LogP contribution in [0, 0.1) is 0 Å². The van der Waals surface area contributed by atoms with E-state index in [2.05, 4.69) is 132 Å². The van der Waals surface area contributed by atoms with Crippen molar-refractivity contribution >= 4 is 0 Å². The SMILES string of the molecule is CCCCCCCCCCCCCCCCN1C=CN(C)C1.CCCCCCCCCCCCCCCCN1C=CN(Cc2ccccc2)C1.CCCCCCCCN1C=CN(C)C1. The summed E-state index contributed by atoms with van der Waals surface area (Å²) in [4.78, 5) is 14.1. The minimum atomic E-state index is 1.02. The molecule has 0 saturated carbocycles. The Hall–Kier alpha value is -2.76. The average Bonchev–Trinajstić information content (AvgIpc) is 4.06. The summed E-state index contributed by atoms with van der Waals surface area (Å²) in [6.45, 7) is 14.8. The van der Waals surface area contributed by atoms with Crippen LogP contribution in [0.1, 0.15) is 245 Å². The Kier molecular flexibility index (Phi) is 38.4. The van der Waals surface area contributed by atoms with Crippen LogP contribution in [0.3, 0.4) is 0 Å². The third-order valence-corrected chi connectivity index (χ3v) is 13.4. The fourth-order valence-electron chi connectivity index (χ4n) is 9.16. The Morgan fingerprint density at radius 1 is 0.297 bits per heavy atom. The van der Waals surface area contributed by atoms with E-state index in [-0.39, 0.29) is 0 Å². The summed E-state index contributed by atoms with van der Waals surface area (Å²) in [6, 6.07) is 10.8. The predicted octanol–water partition coefficient (Wildman–Crippen LogP) is 16.9. The zero-order valence-electron chi connectivity index (χ0n) is 43.5. The van der Waals surface area contributed by atoms with Crippen molar-refractivity contribution in [3.63, 3.8) is 0 Å². The number of hydrogen-bond donors (Lipinski definition) is 0. The van der Waals surface area contributed by atoms with Crippen molar-refractivity contribution in [3.05, 3.63) is 73.1 Å². The second-order valence-electron chi connectivity index (χ2n) is 20.0. The molecule has 1 aromatic rings. The van der Waals surface area contributed by atoms with Crippen molar-refractivity contribution in [2.75, 3.05) is 53.7 Å². The average molecular weight is 890 g/mol. The van der Waals surface area contributed by atoms with Crippen LogP contribution in [-0.4, -0.2) is 83.1 Å². The van der Waals surface area contributed by atoms with Crippen molar-refractivity contribution < 1.29 is 0 Å². The van der Waals surface area contributed by atoms with E-state index in [4.69, 9.17) is 0 Å². The Morgan fingerprint density at radius 2 is 0.562 bits per heavy atom. The minimum Gasteiger partial charge on any atom is -0.362 e. The predicted molar refractivity (Wildman–Crippen MR) is 284 cm³/mol. The van der Waals surface area contributed by atoms with Gasteiger partial charge in [0.15, 0.2) is 0 Å². The summed E-state index contributed by atoms with van der Waals surface area (Å²) < 4.78 is 0. The molecule has 0 N–H and O–H groups in total. The fourth-order valence-corrected chi connectivity index (χ4v) is 9.16. The van der Waals surface area contributed by atoms with Crippen molar-refractivity contribution in [3.8, 4) is 0 Å². The van der Waals surface area contributed by atoms with Gasteiger partial charge in [0.25, 0.3) is 0 Å². The second kappa shape index (κ2) is 42.8. The monoisotopic (exact) mass is 889 g/mol. The van der Waals surface area contributed by atoms with E-state index in [9.17, 15) is 0 Å². The Morgan fingerprint density at radius 3 is 0.859 bits per heavy atom. The summed E-state index contributed by atoms with van der Waals surface area (Å²) in [5.41, 5.74) is 1.39. The molecule has 0 saturated heterocycles. The molecule has 1 aromatic carbocycles. The van der Waals surface area contributed by atoms with Crippen molar-refractivity contribution in [2.24, 2.45) is 0 Å². The van der Waals surface area contributed by atoms with Crippen LogP contribution in [0.4, 0.5) is 0 Å². The second-order valence-corrected chi connectivity index (χ2v) is 20.0. The Labute approximate surface area is 400 Å². The molecule has 4 rings (SSSR count). The topological polar surface area (TPSA) is 19.4 Å². The van der Waals surface area contributed by atoms with E-state index in [1.165, 1.54) is 244 Å². The number of rotatable bonds is 39. The fraction of sp³-hybridized carbons (Fsp3) is 0.793. The molecule has 0 aromatic heterocycles. The molecule has 3 heterocycles. The van der Waals surface area contributed by atoms with Crippen LogP contribution >= 0.6 is 0 Å². The van der Waals surface area contributed by atoms with E-state index < -0.39 is 0 Å². The summed E-state index contributed by atoms with van der Waals surface area (Å²) in [6.07, 6.45) is 61.9. The van der Waals surface area contributed by atoms with Crippen LogP contribution < -0.4 is 0 Å². The van der Waals surface area contributed by atoms with Gasteiger partial charge in [-0.1, -0.05) is 250 Å². The van der Waals surface area contributed by atoms with Gasteiger partial charge in [-0.05, 0) is 24.8 Å². The first-order valence-electron chi connectivity index (χ1n) is 28.0. The summed E-state index contributed by atoms with van der Waals surface area (Å²) in [5.74, 6) is 0. The molecule has 0 bridgehead atoms. The summed E-state index contributed by atoms with van der Waals surface area (Å²) in [5, 5.41) is 0. The quantitative estimate of drug-likeness (QED) is 0.0609. The number of benzene rings is 1. The molecule has 0 amide bonds. The summed E-state index contributed by atoms with van der Waals surface area (Å²) in [7, 11) is 4.26. The smallest absolute Gasteiger partial charge is 0.0897 e. The minimum absolute atomic E-state index is 1.02. The molecular formula is C58H108N6. The zero-order valence-corrected chi connectivity index (χ0v) is 43.5. The van der Waals surface area contributed by atoms with Gasteiger partial charge in [-0.15, -0.1) is 0 Å². The third-order valence-electron chi connectivity index (χ3n) is 13.4. The van der Waals surface area contributed by atoms with Gasteiger partial charge in [-0.3, -0.25) is 0 Å². The molecule has 0 aliphatic carbocycles. The molecule has 0 unspecified atom stereocenters. The Bertz CT molecular complexity index is 1200. The van der Waals surface area contributed by atoms with E-state index in [1.54, 1.807) is 0 Å². The highest BCUT2D eigenvalue weighted by atomic mass is 15.3. The van der Waals surface area contributed by atoms with E-state index in [1.807, 2.05) is 0 Å². The molecule has 6 nitrogen and oxygen atoms in total. The summed E-state index contributed by atoms with van der Waals surface area (Å²) >= 11 is 0. The lowest BCUT2D eigenvalue weighted by molar-refractivity contribution is 0.256. The molecule has 370 valence electrons. The first kappa shape index (κ1) is 57.4. The van der Waals surface area contributed by atoms with Crippen molar-refractivity contribution in [1.29, 1.82) is 0 Å². The molecule has 0 spiro atoms. The molecule has 3 aliphatic rings. The van der Waals surface area contributed by atoms with Crippen molar-refractivity contribution in [1.82, 2.24) is 29.4 Å². The van der Waals surface area contributed by atoms with Crippen molar-refractivity contribution in [2.45, 2.75) is 246 Å². The van der Waals surface area contributed by atoms with Crippen LogP contribution in [-0.2, 0) is 6.54 Å². The third kappa shape index (κ3) is 34.6. The number of hydrogen-bond acceptors (Lipinski definition) is 6. The van der Waals surface area contributed by atoms with Crippen LogP contribution in [0.5, 0.6) is 0 Å². The molecule has 0 fully saturated rings. The first-order valence-corrected chi connectivity index (χ1v) is 28.0. The number of unbranched alkanes of at least 4 members (excludes halogenated alkanes) is 31. The van der Waals surface area contributed by atoms with E-state index in [0.29, 0.717) is 0 Å². The van der Waals surface area contributed by atoms with Gasteiger partial charge in [-0.25, -0.2) is 0 Å². The molecular weight excluding hydrogens is 781 g/mol. The largest absolute Gasteiger partial charge is 0.362 e. The van der Waals surface area contributed by atoms with Gasteiger partial charge in [0.05, 0.1) is 20.0 Å². The molecule has 6 heteroatoms.